The van der Waals surface area contributed by atoms with E-state index in [2.05, 4.69) is 0 Å². The number of amides is 1. The minimum Gasteiger partial charge on any atom is -0.386 e. The maximum atomic E-state index is 14.8. The van der Waals surface area contributed by atoms with E-state index in [0.717, 1.165) is 9.63 Å². The van der Waals surface area contributed by atoms with Crippen molar-refractivity contribution in [1.82, 2.24) is 18.8 Å². The molecule has 1 saturated heterocycles. The van der Waals surface area contributed by atoms with Crippen LogP contribution in [0.1, 0.15) is 42.4 Å². The number of hydrogen-bond donors (Lipinski definition) is 1. The summed E-state index contributed by atoms with van der Waals surface area (Å²) in [7, 11) is 1.36. The fraction of sp³-hybridized carbons (Fsp3) is 0.458. The summed E-state index contributed by atoms with van der Waals surface area (Å²) >= 11 is 0. The maximum Gasteiger partial charge on any atom is 0.331 e. The second-order valence-corrected chi connectivity index (χ2v) is 9.68. The summed E-state index contributed by atoms with van der Waals surface area (Å²) in [6.45, 7) is 7.18. The third kappa shape index (κ3) is 4.07. The minimum absolute atomic E-state index is 0.0216. The number of β-amino-alcohol motifs (C(OH)–C–C–N with tert-alkyl or cyclic N) is 1. The molecule has 0 bridgehead atoms. The highest BCUT2D eigenvalue weighted by Crippen LogP contribution is 2.26. The first-order valence-electron chi connectivity index (χ1n) is 11.1. The summed E-state index contributed by atoms with van der Waals surface area (Å²) in [4.78, 5) is 45.2. The Morgan fingerprint density at radius 2 is 2.00 bits per heavy atom. The van der Waals surface area contributed by atoms with Crippen LogP contribution in [0.15, 0.2) is 34.0 Å². The number of halogens is 1. The van der Waals surface area contributed by atoms with Gasteiger partial charge in [0.15, 0.2) is 0 Å². The molecule has 0 aliphatic carbocycles. The number of aliphatic hydroxyl groups is 1. The van der Waals surface area contributed by atoms with Gasteiger partial charge >= 0.3 is 5.69 Å². The monoisotopic (exact) mass is 472 g/mol. The van der Waals surface area contributed by atoms with E-state index < -0.39 is 28.6 Å². The van der Waals surface area contributed by atoms with E-state index in [0.29, 0.717) is 23.2 Å². The molecular formula is C24H29FN4O5. The highest BCUT2D eigenvalue weighted by Gasteiger charge is 2.38. The zero-order chi connectivity index (χ0) is 24.9. The average Bonchev–Trinajstić information content (AvgIpc) is 3.32. The number of nitrogens with zero attached hydrogens (tertiary/aromatic N) is 4. The normalized spacial score (nSPS) is 18.4. The quantitative estimate of drug-likeness (QED) is 0.611. The van der Waals surface area contributed by atoms with Crippen molar-refractivity contribution in [3.05, 3.63) is 67.9 Å². The lowest BCUT2D eigenvalue weighted by Crippen LogP contribution is -2.40. The molecule has 3 aromatic rings. The number of rotatable bonds is 5. The molecule has 1 unspecified atom stereocenters. The van der Waals surface area contributed by atoms with E-state index in [1.807, 2.05) is 13.8 Å². The molecule has 1 aromatic carbocycles. The van der Waals surface area contributed by atoms with Crippen LogP contribution < -0.4 is 11.2 Å². The number of hydrogen-bond acceptors (Lipinski definition) is 5. The van der Waals surface area contributed by atoms with Gasteiger partial charge in [0.2, 0.25) is 0 Å². The third-order valence-electron chi connectivity index (χ3n) is 5.99. The lowest BCUT2D eigenvalue weighted by molar-refractivity contribution is -0.0801. The van der Waals surface area contributed by atoms with Gasteiger partial charge < -0.3 is 9.67 Å². The number of carbonyl (C=O) groups excluding carboxylic acids is 1. The first-order chi connectivity index (χ1) is 15.9. The van der Waals surface area contributed by atoms with E-state index in [-0.39, 0.29) is 36.7 Å². The molecule has 0 radical (unpaired) electrons. The molecule has 1 atom stereocenters. The van der Waals surface area contributed by atoms with Gasteiger partial charge in [-0.1, -0.05) is 32.0 Å². The first kappa shape index (κ1) is 23.9. The van der Waals surface area contributed by atoms with Crippen LogP contribution in [-0.2, 0) is 25.0 Å². The largest absolute Gasteiger partial charge is 0.386 e. The van der Waals surface area contributed by atoms with Gasteiger partial charge in [-0.25, -0.2) is 14.2 Å². The van der Waals surface area contributed by atoms with Gasteiger partial charge in [-0.05, 0) is 25.3 Å². The van der Waals surface area contributed by atoms with E-state index in [4.69, 9.17) is 4.84 Å². The van der Waals surface area contributed by atoms with Gasteiger partial charge in [-0.15, -0.1) is 0 Å². The van der Waals surface area contributed by atoms with Crippen LogP contribution in [0.2, 0.25) is 0 Å². The van der Waals surface area contributed by atoms with E-state index in [1.165, 1.54) is 16.2 Å². The SMILES string of the molecule is Cc1cccc(Cn2cc3c(c2C(=O)N2CC(C)(O)CO2)c(=O)n(C)c(=O)n3CC(C)C)c1F. The number of aryl methyl sites for hydroxylation is 1. The lowest BCUT2D eigenvalue weighted by atomic mass is 10.1. The Labute approximate surface area is 195 Å². The Hall–Kier alpha value is -3.24. The van der Waals surface area contributed by atoms with Crippen LogP contribution in [0.25, 0.3) is 10.9 Å². The van der Waals surface area contributed by atoms with Gasteiger partial charge in [-0.2, -0.15) is 0 Å². The topological polar surface area (TPSA) is 98.7 Å². The second-order valence-electron chi connectivity index (χ2n) is 9.68. The molecule has 34 heavy (non-hydrogen) atoms. The van der Waals surface area contributed by atoms with E-state index in [1.54, 1.807) is 38.2 Å². The predicted molar refractivity (Wildman–Crippen MR) is 124 cm³/mol. The maximum absolute atomic E-state index is 14.8. The number of fused-ring (bicyclic) bond motifs is 1. The molecule has 1 amide bonds. The van der Waals surface area contributed by atoms with E-state index in [9.17, 15) is 23.9 Å². The minimum atomic E-state index is -1.24. The fourth-order valence-electron chi connectivity index (χ4n) is 4.27. The summed E-state index contributed by atoms with van der Waals surface area (Å²) < 4.78 is 18.8. The van der Waals surface area contributed by atoms with Crippen molar-refractivity contribution in [3.63, 3.8) is 0 Å². The fourth-order valence-corrected chi connectivity index (χ4v) is 4.27. The molecule has 0 saturated carbocycles. The summed E-state index contributed by atoms with van der Waals surface area (Å²) in [5.74, 6) is -0.966. The molecule has 10 heteroatoms. The smallest absolute Gasteiger partial charge is 0.331 e. The summed E-state index contributed by atoms with van der Waals surface area (Å²) in [5, 5.41) is 11.3. The van der Waals surface area contributed by atoms with E-state index >= 15 is 0 Å². The van der Waals surface area contributed by atoms with Crippen molar-refractivity contribution in [2.24, 2.45) is 13.0 Å². The lowest BCUT2D eigenvalue weighted by Gasteiger charge is -2.18. The number of benzene rings is 1. The Balaban J connectivity index is 1.99. The molecule has 3 heterocycles. The van der Waals surface area contributed by atoms with Crippen molar-refractivity contribution < 1.29 is 19.1 Å². The molecule has 1 N–H and O–H groups in total. The summed E-state index contributed by atoms with van der Waals surface area (Å²) in [6.07, 6.45) is 1.55. The van der Waals surface area contributed by atoms with Crippen LogP contribution in [-0.4, -0.2) is 48.5 Å². The highest BCUT2D eigenvalue weighted by atomic mass is 19.1. The molecule has 0 spiro atoms. The summed E-state index contributed by atoms with van der Waals surface area (Å²) in [5.41, 5.74) is -1.30. The Kier molecular flexibility index (Phi) is 5.99. The molecule has 2 aromatic heterocycles. The van der Waals surface area contributed by atoms with Gasteiger partial charge in [0, 0.05) is 25.4 Å². The number of aromatic nitrogens is 3. The molecule has 4 rings (SSSR count). The Morgan fingerprint density at radius 3 is 2.62 bits per heavy atom. The van der Waals surface area contributed by atoms with Crippen molar-refractivity contribution >= 4 is 16.8 Å². The van der Waals surface area contributed by atoms with Gasteiger partial charge in [0.05, 0.1) is 24.0 Å². The molecular weight excluding hydrogens is 443 g/mol. The molecule has 9 nitrogen and oxygen atoms in total. The Morgan fingerprint density at radius 1 is 1.29 bits per heavy atom. The van der Waals surface area contributed by atoms with Gasteiger partial charge in [0.25, 0.3) is 11.5 Å². The third-order valence-corrected chi connectivity index (χ3v) is 5.99. The van der Waals surface area contributed by atoms with Crippen LogP contribution in [0.3, 0.4) is 0 Å². The molecule has 1 aliphatic rings. The van der Waals surface area contributed by atoms with Gasteiger partial charge in [-0.3, -0.25) is 23.6 Å². The summed E-state index contributed by atoms with van der Waals surface area (Å²) in [6, 6.07) is 4.97. The van der Waals surface area contributed by atoms with Crippen LogP contribution in [0, 0.1) is 18.7 Å². The van der Waals surface area contributed by atoms with Crippen LogP contribution in [0.5, 0.6) is 0 Å². The van der Waals surface area contributed by atoms with Gasteiger partial charge in [0.1, 0.15) is 23.7 Å². The number of hydroxylamine groups is 2. The predicted octanol–water partition coefficient (Wildman–Crippen LogP) is 1.79. The molecule has 1 fully saturated rings. The van der Waals surface area contributed by atoms with Crippen LogP contribution in [0.4, 0.5) is 4.39 Å². The second kappa shape index (κ2) is 8.52. The van der Waals surface area contributed by atoms with Crippen molar-refractivity contribution in [1.29, 1.82) is 0 Å². The number of carbonyl (C=O) groups is 1. The average molecular weight is 473 g/mol. The molecule has 1 aliphatic heterocycles. The van der Waals surface area contributed by atoms with Crippen molar-refractivity contribution in [3.8, 4) is 0 Å². The van der Waals surface area contributed by atoms with Crippen molar-refractivity contribution in [2.75, 3.05) is 13.2 Å². The zero-order valence-electron chi connectivity index (χ0n) is 20.0. The first-order valence-corrected chi connectivity index (χ1v) is 11.1. The van der Waals surface area contributed by atoms with Crippen molar-refractivity contribution in [2.45, 2.75) is 46.4 Å². The van der Waals surface area contributed by atoms with Crippen LogP contribution >= 0.6 is 0 Å². The molecule has 182 valence electrons. The zero-order valence-corrected chi connectivity index (χ0v) is 20.0. The standard InChI is InChI=1S/C24H29FN4O5/c1-14(2)9-28-17-11-27(10-16-8-6-7-15(3)19(16)25)20(18(17)21(30)26(5)23(28)32)22(31)29-12-24(4,33)13-34-29/h6-8,11,14,33H,9-10,12-13H2,1-5H3. The highest BCUT2D eigenvalue weighted by molar-refractivity contribution is 6.05. The Bertz CT molecular complexity index is 1400.